The monoisotopic (exact) mass is 253 g/mol. The van der Waals surface area contributed by atoms with E-state index < -0.39 is 12.8 Å². The Labute approximate surface area is 98.5 Å². The van der Waals surface area contributed by atoms with E-state index in [2.05, 4.69) is 4.90 Å². The first-order chi connectivity index (χ1) is 7.97. The van der Waals surface area contributed by atoms with Gasteiger partial charge in [-0.25, -0.2) is 0 Å². The number of halogens is 3. The van der Waals surface area contributed by atoms with Crippen LogP contribution in [0.1, 0.15) is 25.7 Å². The fourth-order valence-electron chi connectivity index (χ4n) is 3.12. The lowest BCUT2D eigenvalue weighted by Gasteiger charge is -2.33. The van der Waals surface area contributed by atoms with Crippen LogP contribution >= 0.6 is 0 Å². The van der Waals surface area contributed by atoms with Crippen molar-refractivity contribution in [2.24, 2.45) is 0 Å². The maximum absolute atomic E-state index is 12.0. The fraction of sp³-hybridized carbons (Fsp3) is 1.00. The molecule has 0 radical (unpaired) electrons. The standard InChI is InChI=1S/C11H18F3NO2/c12-11(13,14)8-17-6-9-2-4-10(7-16)3-1-5-15(9)10/h9,16H,1-8H2/t9-,10-/m0/s1. The van der Waals surface area contributed by atoms with Crippen LogP contribution in [0.5, 0.6) is 0 Å². The summed E-state index contributed by atoms with van der Waals surface area (Å²) in [5.41, 5.74) is -0.174. The smallest absolute Gasteiger partial charge is 0.394 e. The number of hydrogen-bond acceptors (Lipinski definition) is 3. The fourth-order valence-corrected chi connectivity index (χ4v) is 3.12. The summed E-state index contributed by atoms with van der Waals surface area (Å²) < 4.78 is 40.6. The van der Waals surface area contributed by atoms with Gasteiger partial charge in [0.05, 0.1) is 13.2 Å². The van der Waals surface area contributed by atoms with Crippen molar-refractivity contribution in [3.05, 3.63) is 0 Å². The normalized spacial score (nSPS) is 34.2. The van der Waals surface area contributed by atoms with Crippen molar-refractivity contribution in [1.29, 1.82) is 0 Å². The molecule has 0 amide bonds. The second-order valence-corrected chi connectivity index (χ2v) is 5.00. The van der Waals surface area contributed by atoms with Gasteiger partial charge >= 0.3 is 6.18 Å². The Bertz CT molecular complexity index is 272. The van der Waals surface area contributed by atoms with Crippen LogP contribution in [-0.4, -0.2) is 54.1 Å². The molecule has 0 aromatic rings. The van der Waals surface area contributed by atoms with Gasteiger partial charge in [-0.15, -0.1) is 0 Å². The van der Waals surface area contributed by atoms with Crippen LogP contribution < -0.4 is 0 Å². The van der Waals surface area contributed by atoms with Crippen LogP contribution in [0.3, 0.4) is 0 Å². The Morgan fingerprint density at radius 3 is 2.76 bits per heavy atom. The van der Waals surface area contributed by atoms with Gasteiger partial charge in [-0.3, -0.25) is 4.90 Å². The van der Waals surface area contributed by atoms with Crippen LogP contribution in [-0.2, 0) is 4.74 Å². The lowest BCUT2D eigenvalue weighted by Crippen LogP contribution is -2.46. The first-order valence-corrected chi connectivity index (χ1v) is 5.99. The summed E-state index contributed by atoms with van der Waals surface area (Å²) in [6.07, 6.45) is -0.616. The molecular formula is C11H18F3NO2. The molecule has 2 rings (SSSR count). The summed E-state index contributed by atoms with van der Waals surface area (Å²) in [4.78, 5) is 2.14. The summed E-state index contributed by atoms with van der Waals surface area (Å²) >= 11 is 0. The van der Waals surface area contributed by atoms with Gasteiger partial charge in [-0.1, -0.05) is 0 Å². The van der Waals surface area contributed by atoms with E-state index in [1.54, 1.807) is 0 Å². The van der Waals surface area contributed by atoms with Crippen molar-refractivity contribution in [2.75, 3.05) is 26.4 Å². The van der Waals surface area contributed by atoms with Crippen molar-refractivity contribution >= 4 is 0 Å². The molecule has 2 heterocycles. The van der Waals surface area contributed by atoms with Crippen LogP contribution in [0, 0.1) is 0 Å². The molecule has 17 heavy (non-hydrogen) atoms. The van der Waals surface area contributed by atoms with Gasteiger partial charge < -0.3 is 9.84 Å². The molecule has 0 aliphatic carbocycles. The molecule has 2 atom stereocenters. The molecule has 1 N–H and O–H groups in total. The summed E-state index contributed by atoms with van der Waals surface area (Å²) in [6, 6.07) is 0.0343. The second-order valence-electron chi connectivity index (χ2n) is 5.00. The van der Waals surface area contributed by atoms with E-state index in [0.717, 1.165) is 32.2 Å². The highest BCUT2D eigenvalue weighted by molar-refractivity contribution is 5.04. The van der Waals surface area contributed by atoms with Gasteiger partial charge in [0.1, 0.15) is 6.61 Å². The minimum absolute atomic E-state index is 0.0343. The highest BCUT2D eigenvalue weighted by Crippen LogP contribution is 2.42. The average molecular weight is 253 g/mol. The zero-order valence-corrected chi connectivity index (χ0v) is 9.67. The van der Waals surface area contributed by atoms with Gasteiger partial charge in [0.25, 0.3) is 0 Å². The number of rotatable bonds is 4. The molecule has 2 fully saturated rings. The molecule has 0 unspecified atom stereocenters. The number of alkyl halides is 3. The zero-order valence-electron chi connectivity index (χ0n) is 9.67. The maximum atomic E-state index is 12.0. The molecule has 0 bridgehead atoms. The lowest BCUT2D eigenvalue weighted by molar-refractivity contribution is -0.177. The first-order valence-electron chi connectivity index (χ1n) is 5.99. The van der Waals surface area contributed by atoms with E-state index in [1.165, 1.54) is 0 Å². The predicted molar refractivity (Wildman–Crippen MR) is 55.7 cm³/mol. The van der Waals surface area contributed by atoms with Gasteiger partial charge in [-0.05, 0) is 32.2 Å². The number of aliphatic hydroxyl groups is 1. The third kappa shape index (κ3) is 2.74. The number of fused-ring (bicyclic) bond motifs is 1. The predicted octanol–water partition coefficient (Wildman–Crippen LogP) is 1.55. The summed E-state index contributed by atoms with van der Waals surface area (Å²) in [6.45, 7) is -0.103. The molecule has 2 saturated heterocycles. The summed E-state index contributed by atoms with van der Waals surface area (Å²) in [5.74, 6) is 0. The number of hydrogen-bond donors (Lipinski definition) is 1. The van der Waals surface area contributed by atoms with Crippen molar-refractivity contribution in [1.82, 2.24) is 4.90 Å². The highest BCUT2D eigenvalue weighted by Gasteiger charge is 2.48. The molecule has 0 saturated carbocycles. The van der Waals surface area contributed by atoms with E-state index in [1.807, 2.05) is 0 Å². The molecule has 3 nitrogen and oxygen atoms in total. The van der Waals surface area contributed by atoms with E-state index in [0.29, 0.717) is 0 Å². The molecule has 0 spiro atoms. The average Bonchev–Trinajstić information content (AvgIpc) is 2.77. The Morgan fingerprint density at radius 1 is 1.35 bits per heavy atom. The SMILES string of the molecule is OC[C@@]12CCCN1[C@H](COCC(F)(F)F)CC2. The Hall–Kier alpha value is -0.330. The Morgan fingerprint density at radius 2 is 2.12 bits per heavy atom. The Kier molecular flexibility index (Phi) is 3.66. The third-order valence-electron chi connectivity index (χ3n) is 3.90. The van der Waals surface area contributed by atoms with Gasteiger partial charge in [-0.2, -0.15) is 13.2 Å². The van der Waals surface area contributed by atoms with E-state index in [-0.39, 0.29) is 24.8 Å². The van der Waals surface area contributed by atoms with E-state index in [4.69, 9.17) is 4.74 Å². The molecule has 2 aliphatic heterocycles. The Balaban J connectivity index is 1.83. The molecule has 100 valence electrons. The molecule has 6 heteroatoms. The number of nitrogens with zero attached hydrogens (tertiary/aromatic N) is 1. The van der Waals surface area contributed by atoms with Gasteiger partial charge in [0, 0.05) is 11.6 Å². The topological polar surface area (TPSA) is 32.7 Å². The minimum Gasteiger partial charge on any atom is -0.394 e. The van der Waals surface area contributed by atoms with Crippen LogP contribution in [0.15, 0.2) is 0 Å². The number of ether oxygens (including phenoxy) is 1. The largest absolute Gasteiger partial charge is 0.411 e. The van der Waals surface area contributed by atoms with E-state index >= 15 is 0 Å². The summed E-state index contributed by atoms with van der Waals surface area (Å²) in [7, 11) is 0. The second kappa shape index (κ2) is 4.74. The van der Waals surface area contributed by atoms with Gasteiger partial charge in [0.2, 0.25) is 0 Å². The third-order valence-corrected chi connectivity index (χ3v) is 3.90. The highest BCUT2D eigenvalue weighted by atomic mass is 19.4. The lowest BCUT2D eigenvalue weighted by atomic mass is 9.95. The maximum Gasteiger partial charge on any atom is 0.411 e. The van der Waals surface area contributed by atoms with Crippen molar-refractivity contribution in [3.63, 3.8) is 0 Å². The zero-order chi connectivity index (χ0) is 12.5. The van der Waals surface area contributed by atoms with Crippen molar-refractivity contribution in [2.45, 2.75) is 43.4 Å². The van der Waals surface area contributed by atoms with Crippen LogP contribution in [0.4, 0.5) is 13.2 Å². The van der Waals surface area contributed by atoms with Crippen molar-refractivity contribution < 1.29 is 23.0 Å². The summed E-state index contributed by atoms with van der Waals surface area (Å²) in [5, 5.41) is 9.44. The quantitative estimate of drug-likeness (QED) is 0.825. The van der Waals surface area contributed by atoms with Gasteiger partial charge in [0.15, 0.2) is 0 Å². The molecule has 0 aromatic carbocycles. The van der Waals surface area contributed by atoms with Crippen molar-refractivity contribution in [3.8, 4) is 0 Å². The first kappa shape index (κ1) is 13.1. The molecule has 2 aliphatic rings. The van der Waals surface area contributed by atoms with Crippen LogP contribution in [0.2, 0.25) is 0 Å². The minimum atomic E-state index is -4.25. The van der Waals surface area contributed by atoms with Crippen LogP contribution in [0.25, 0.3) is 0 Å². The molecular weight excluding hydrogens is 235 g/mol. The molecule has 0 aromatic heterocycles. The van der Waals surface area contributed by atoms with E-state index in [9.17, 15) is 18.3 Å². The number of aliphatic hydroxyl groups excluding tert-OH is 1.